The molecule has 1 rings (SSSR count). The number of rotatable bonds is 3. The molecule has 1 aliphatic heterocycles. The molecule has 0 radical (unpaired) electrons. The standard InChI is InChI=1S/C13H20N2O3/c1-9(2)11(7-14)12(16)15-6-4-5-10(8-15)13(17)18-3/h9-11H,4-6,8H2,1-3H3. The summed E-state index contributed by atoms with van der Waals surface area (Å²) in [5, 5.41) is 9.03. The van der Waals surface area contributed by atoms with E-state index in [-0.39, 0.29) is 23.7 Å². The molecule has 1 aliphatic rings. The molecule has 1 heterocycles. The van der Waals surface area contributed by atoms with Gasteiger partial charge in [-0.05, 0) is 18.8 Å². The van der Waals surface area contributed by atoms with Crippen molar-refractivity contribution >= 4 is 11.9 Å². The third-order valence-corrected chi connectivity index (χ3v) is 3.34. The van der Waals surface area contributed by atoms with E-state index in [0.717, 1.165) is 12.8 Å². The number of hydrogen-bond acceptors (Lipinski definition) is 4. The molecule has 1 saturated heterocycles. The highest BCUT2D eigenvalue weighted by Crippen LogP contribution is 2.21. The number of carbonyl (C=O) groups excluding carboxylic acids is 2. The van der Waals surface area contributed by atoms with Crippen molar-refractivity contribution in [3.8, 4) is 6.07 Å². The van der Waals surface area contributed by atoms with Gasteiger partial charge in [0.2, 0.25) is 5.91 Å². The molecule has 0 bridgehead atoms. The van der Waals surface area contributed by atoms with Crippen LogP contribution in [-0.4, -0.2) is 37.0 Å². The number of carbonyl (C=O) groups is 2. The summed E-state index contributed by atoms with van der Waals surface area (Å²) < 4.78 is 4.71. The number of nitriles is 1. The molecule has 2 unspecified atom stereocenters. The molecule has 0 spiro atoms. The van der Waals surface area contributed by atoms with Crippen molar-refractivity contribution in [1.29, 1.82) is 5.26 Å². The Labute approximate surface area is 108 Å². The average molecular weight is 252 g/mol. The largest absolute Gasteiger partial charge is 0.469 e. The van der Waals surface area contributed by atoms with E-state index in [0.29, 0.717) is 13.1 Å². The van der Waals surface area contributed by atoms with Gasteiger partial charge in [0.1, 0.15) is 5.92 Å². The summed E-state index contributed by atoms with van der Waals surface area (Å²) in [7, 11) is 1.36. The van der Waals surface area contributed by atoms with E-state index in [1.165, 1.54) is 7.11 Å². The summed E-state index contributed by atoms with van der Waals surface area (Å²) in [5.74, 6) is -1.33. The van der Waals surface area contributed by atoms with Crippen molar-refractivity contribution in [3.63, 3.8) is 0 Å². The monoisotopic (exact) mass is 252 g/mol. The summed E-state index contributed by atoms with van der Waals surface area (Å²) in [4.78, 5) is 25.3. The molecule has 5 nitrogen and oxygen atoms in total. The minimum atomic E-state index is -0.624. The first-order chi connectivity index (χ1) is 8.51. The van der Waals surface area contributed by atoms with Crippen LogP contribution in [0.5, 0.6) is 0 Å². The van der Waals surface area contributed by atoms with E-state index < -0.39 is 5.92 Å². The van der Waals surface area contributed by atoms with Crippen molar-refractivity contribution < 1.29 is 14.3 Å². The lowest BCUT2D eigenvalue weighted by molar-refractivity contribution is -0.149. The number of likely N-dealkylation sites (tertiary alicyclic amines) is 1. The zero-order valence-corrected chi connectivity index (χ0v) is 11.2. The van der Waals surface area contributed by atoms with Crippen LogP contribution in [0.4, 0.5) is 0 Å². The van der Waals surface area contributed by atoms with Crippen molar-refractivity contribution in [2.45, 2.75) is 26.7 Å². The Morgan fingerprint density at radius 3 is 2.61 bits per heavy atom. The topological polar surface area (TPSA) is 70.4 Å². The fourth-order valence-electron chi connectivity index (χ4n) is 2.22. The number of esters is 1. The van der Waals surface area contributed by atoms with Crippen molar-refractivity contribution in [2.24, 2.45) is 17.8 Å². The second-order valence-electron chi connectivity index (χ2n) is 5.00. The summed E-state index contributed by atoms with van der Waals surface area (Å²) >= 11 is 0. The van der Waals surface area contributed by atoms with E-state index in [1.54, 1.807) is 4.90 Å². The van der Waals surface area contributed by atoms with Crippen LogP contribution in [0, 0.1) is 29.1 Å². The molecule has 0 aromatic carbocycles. The molecule has 0 aromatic heterocycles. The van der Waals surface area contributed by atoms with Crippen LogP contribution < -0.4 is 0 Å². The average Bonchev–Trinajstić information content (AvgIpc) is 2.38. The van der Waals surface area contributed by atoms with Crippen LogP contribution in [-0.2, 0) is 14.3 Å². The Bertz CT molecular complexity index is 360. The first kappa shape index (κ1) is 14.5. The smallest absolute Gasteiger partial charge is 0.310 e. The number of nitrogens with zero attached hydrogens (tertiary/aromatic N) is 2. The van der Waals surface area contributed by atoms with Gasteiger partial charge in [0, 0.05) is 13.1 Å². The molecule has 100 valence electrons. The van der Waals surface area contributed by atoms with Gasteiger partial charge in [-0.1, -0.05) is 13.8 Å². The lowest BCUT2D eigenvalue weighted by atomic mass is 9.92. The minimum absolute atomic E-state index is 0.0130. The molecule has 1 fully saturated rings. The van der Waals surface area contributed by atoms with Crippen LogP contribution >= 0.6 is 0 Å². The van der Waals surface area contributed by atoms with Crippen molar-refractivity contribution in [1.82, 2.24) is 4.90 Å². The Balaban J connectivity index is 2.69. The highest BCUT2D eigenvalue weighted by molar-refractivity contribution is 5.82. The van der Waals surface area contributed by atoms with Crippen LogP contribution in [0.15, 0.2) is 0 Å². The van der Waals surface area contributed by atoms with Crippen LogP contribution in [0.2, 0.25) is 0 Å². The minimum Gasteiger partial charge on any atom is -0.469 e. The quantitative estimate of drug-likeness (QED) is 0.707. The molecule has 2 atom stereocenters. The van der Waals surface area contributed by atoms with Crippen LogP contribution in [0.3, 0.4) is 0 Å². The third kappa shape index (κ3) is 3.22. The normalized spacial score (nSPS) is 21.3. The number of amides is 1. The Morgan fingerprint density at radius 1 is 1.44 bits per heavy atom. The highest BCUT2D eigenvalue weighted by atomic mass is 16.5. The molecular weight excluding hydrogens is 232 g/mol. The second-order valence-corrected chi connectivity index (χ2v) is 5.00. The Hall–Kier alpha value is -1.57. The van der Waals surface area contributed by atoms with Gasteiger partial charge >= 0.3 is 5.97 Å². The molecule has 0 aliphatic carbocycles. The number of piperidine rings is 1. The number of ether oxygens (including phenoxy) is 1. The van der Waals surface area contributed by atoms with Crippen LogP contribution in [0.1, 0.15) is 26.7 Å². The summed E-state index contributed by atoms with van der Waals surface area (Å²) in [6.07, 6.45) is 1.52. The van der Waals surface area contributed by atoms with Gasteiger partial charge in [-0.15, -0.1) is 0 Å². The number of hydrogen-bond donors (Lipinski definition) is 0. The first-order valence-electron chi connectivity index (χ1n) is 6.27. The Kier molecular flexibility index (Phi) is 5.14. The van der Waals surface area contributed by atoms with Gasteiger partial charge in [-0.25, -0.2) is 0 Å². The molecular formula is C13H20N2O3. The molecule has 0 aromatic rings. The summed E-state index contributed by atoms with van der Waals surface area (Å²) in [6.45, 7) is 4.70. The van der Waals surface area contributed by atoms with Crippen LogP contribution in [0.25, 0.3) is 0 Å². The number of methoxy groups -OCH3 is 1. The molecule has 0 saturated carbocycles. The van der Waals surface area contributed by atoms with E-state index >= 15 is 0 Å². The molecule has 5 heteroatoms. The second kappa shape index (κ2) is 6.39. The zero-order valence-electron chi connectivity index (χ0n) is 11.2. The highest BCUT2D eigenvalue weighted by Gasteiger charge is 2.33. The molecule has 1 amide bonds. The predicted octanol–water partition coefficient (Wildman–Crippen LogP) is 1.19. The van der Waals surface area contributed by atoms with E-state index in [9.17, 15) is 9.59 Å². The van der Waals surface area contributed by atoms with Crippen molar-refractivity contribution in [3.05, 3.63) is 0 Å². The van der Waals surface area contributed by atoms with Crippen molar-refractivity contribution in [2.75, 3.05) is 20.2 Å². The van der Waals surface area contributed by atoms with Gasteiger partial charge in [-0.2, -0.15) is 5.26 Å². The van der Waals surface area contributed by atoms with Gasteiger partial charge in [-0.3, -0.25) is 9.59 Å². The maximum absolute atomic E-state index is 12.2. The predicted molar refractivity (Wildman–Crippen MR) is 65.3 cm³/mol. The van der Waals surface area contributed by atoms with Gasteiger partial charge in [0.25, 0.3) is 0 Å². The fraction of sp³-hybridized carbons (Fsp3) is 0.769. The SMILES string of the molecule is COC(=O)C1CCCN(C(=O)C(C#N)C(C)C)C1. The lowest BCUT2D eigenvalue weighted by Crippen LogP contribution is -2.45. The zero-order chi connectivity index (χ0) is 13.7. The van der Waals surface area contributed by atoms with Gasteiger partial charge < -0.3 is 9.64 Å². The van der Waals surface area contributed by atoms with Gasteiger partial charge in [0.05, 0.1) is 19.1 Å². The summed E-state index contributed by atoms with van der Waals surface area (Å²) in [6, 6.07) is 2.05. The Morgan fingerprint density at radius 2 is 2.11 bits per heavy atom. The maximum atomic E-state index is 12.2. The fourth-order valence-corrected chi connectivity index (χ4v) is 2.22. The molecule has 0 N–H and O–H groups in total. The third-order valence-electron chi connectivity index (χ3n) is 3.34. The van der Waals surface area contributed by atoms with E-state index in [4.69, 9.17) is 10.00 Å². The lowest BCUT2D eigenvalue weighted by Gasteiger charge is -2.33. The van der Waals surface area contributed by atoms with E-state index in [1.807, 2.05) is 19.9 Å². The summed E-state index contributed by atoms with van der Waals surface area (Å²) in [5.41, 5.74) is 0. The van der Waals surface area contributed by atoms with E-state index in [2.05, 4.69) is 0 Å². The first-order valence-corrected chi connectivity index (χ1v) is 6.27. The molecule has 18 heavy (non-hydrogen) atoms. The van der Waals surface area contributed by atoms with Gasteiger partial charge in [0.15, 0.2) is 0 Å². The maximum Gasteiger partial charge on any atom is 0.310 e.